The number of aromatic nitrogens is 1. The number of ether oxygens (including phenoxy) is 1. The van der Waals surface area contributed by atoms with Gasteiger partial charge in [0.1, 0.15) is 28.9 Å². The Kier molecular flexibility index (Phi) is 9.78. The standard InChI is InChI=1S/C31H29F3N6O7S2/c32-31(33,34)29(45)46-28(44)23-17(13-16-7-6-12-39(25(16)42)18-8-2-1-3-9-18)14-48-27-22(26(43)40(23)27)37-24(41)21(20-15-49-30(35)36-20)38-47-19-10-4-5-11-19/h1-3,8-9,13,15,19,22,27H,4-7,10-12,14H2,(H2,35,36)(H,37,41)/b16-13?,38-21-/t22-,27-/m1/s1. The highest BCUT2D eigenvalue weighted by atomic mass is 32.2. The number of nitrogens with two attached hydrogens (primary N) is 1. The molecule has 0 spiro atoms. The van der Waals surface area contributed by atoms with Crippen molar-refractivity contribution in [1.29, 1.82) is 0 Å². The number of nitrogens with one attached hydrogen (secondary N) is 1. The fraction of sp³-hybridized carbons (Fsp3) is 0.387. The fourth-order valence-electron chi connectivity index (χ4n) is 5.87. The molecule has 1 aromatic heterocycles. The molecule has 2 saturated heterocycles. The van der Waals surface area contributed by atoms with Gasteiger partial charge in [-0.2, -0.15) is 13.2 Å². The second-order valence-corrected chi connectivity index (χ2v) is 13.5. The molecule has 2 atom stereocenters. The third-order valence-electron chi connectivity index (χ3n) is 8.23. The molecule has 18 heteroatoms. The predicted molar refractivity (Wildman–Crippen MR) is 172 cm³/mol. The number of oxime groups is 1. The summed E-state index contributed by atoms with van der Waals surface area (Å²) >= 11 is 2.16. The number of carbonyl (C=O) groups excluding carboxylic acids is 5. The maximum Gasteiger partial charge on any atom is 0.491 e. The highest BCUT2D eigenvalue weighted by Gasteiger charge is 2.55. The molecule has 1 aliphatic carbocycles. The average Bonchev–Trinajstić information content (AvgIpc) is 3.76. The monoisotopic (exact) mass is 718 g/mol. The summed E-state index contributed by atoms with van der Waals surface area (Å²) in [5.41, 5.74) is 5.91. The van der Waals surface area contributed by atoms with Crippen LogP contribution in [0.2, 0.25) is 0 Å². The molecule has 3 N–H and O–H groups in total. The molecule has 1 saturated carbocycles. The number of amides is 3. The number of allylic oxidation sites excluding steroid dienone is 1. The number of hydrogen-bond donors (Lipinski definition) is 2. The first-order valence-electron chi connectivity index (χ1n) is 15.3. The summed E-state index contributed by atoms with van der Waals surface area (Å²) in [4.78, 5) is 77.4. The minimum atomic E-state index is -5.49. The van der Waals surface area contributed by atoms with E-state index in [1.54, 1.807) is 30.3 Å². The molecule has 49 heavy (non-hydrogen) atoms. The molecule has 3 aliphatic heterocycles. The van der Waals surface area contributed by atoms with Gasteiger partial charge in [-0.25, -0.2) is 14.6 Å². The summed E-state index contributed by atoms with van der Waals surface area (Å²) in [6.07, 6.45) is -0.0888. The number of nitrogens with zero attached hydrogens (tertiary/aromatic N) is 4. The third-order valence-corrected chi connectivity index (χ3v) is 10.2. The van der Waals surface area contributed by atoms with Gasteiger partial charge in [-0.3, -0.25) is 19.3 Å². The predicted octanol–water partition coefficient (Wildman–Crippen LogP) is 3.43. The lowest BCUT2D eigenvalue weighted by Crippen LogP contribution is -2.71. The van der Waals surface area contributed by atoms with Crippen LogP contribution in [0.25, 0.3) is 0 Å². The maximum atomic E-state index is 13.5. The van der Waals surface area contributed by atoms with Crippen LogP contribution in [0.1, 0.15) is 44.2 Å². The van der Waals surface area contributed by atoms with Gasteiger partial charge in [0.05, 0.1) is 0 Å². The molecular weight excluding hydrogens is 690 g/mol. The number of fused-ring (bicyclic) bond motifs is 1. The number of piperidine rings is 1. The molecule has 6 rings (SSSR count). The summed E-state index contributed by atoms with van der Waals surface area (Å²) in [7, 11) is 0. The van der Waals surface area contributed by atoms with Gasteiger partial charge in [0.25, 0.3) is 17.7 Å². The summed E-state index contributed by atoms with van der Waals surface area (Å²) < 4.78 is 43.4. The van der Waals surface area contributed by atoms with E-state index >= 15 is 0 Å². The van der Waals surface area contributed by atoms with Gasteiger partial charge in [-0.05, 0) is 62.3 Å². The number of benzene rings is 1. The third kappa shape index (κ3) is 7.19. The lowest BCUT2D eigenvalue weighted by Gasteiger charge is -2.49. The number of hydrogen-bond acceptors (Lipinski definition) is 12. The summed E-state index contributed by atoms with van der Waals surface area (Å²) in [6.45, 7) is 0.418. The minimum absolute atomic E-state index is 0.0165. The number of nitrogen functional groups attached to an aromatic ring is 1. The molecule has 0 bridgehead atoms. The van der Waals surface area contributed by atoms with Gasteiger partial charge in [-0.15, -0.1) is 23.1 Å². The number of anilines is 2. The molecule has 13 nitrogen and oxygen atoms in total. The Morgan fingerprint density at radius 2 is 1.84 bits per heavy atom. The van der Waals surface area contributed by atoms with Gasteiger partial charge in [-0.1, -0.05) is 23.4 Å². The largest absolute Gasteiger partial charge is 0.491 e. The van der Waals surface area contributed by atoms with Gasteiger partial charge in [0.2, 0.25) is 0 Å². The van der Waals surface area contributed by atoms with Crippen molar-refractivity contribution in [3.05, 3.63) is 64.3 Å². The zero-order valence-corrected chi connectivity index (χ0v) is 27.2. The first-order valence-corrected chi connectivity index (χ1v) is 17.2. The Morgan fingerprint density at radius 1 is 1.10 bits per heavy atom. The lowest BCUT2D eigenvalue weighted by atomic mass is 9.97. The van der Waals surface area contributed by atoms with E-state index < -0.39 is 47.0 Å². The van der Waals surface area contributed by atoms with Crippen LogP contribution in [0.5, 0.6) is 0 Å². The summed E-state index contributed by atoms with van der Waals surface area (Å²) in [6, 6.07) is 7.58. The lowest BCUT2D eigenvalue weighted by molar-refractivity contribution is -0.201. The van der Waals surface area contributed by atoms with E-state index in [1.165, 1.54) is 16.4 Å². The number of halogens is 3. The van der Waals surface area contributed by atoms with Crippen LogP contribution in [0.15, 0.2) is 63.8 Å². The SMILES string of the molecule is Nc1nc(/C(=N/OC2CCCC2)C(=O)N[C@@H]2C(=O)N3C(C(=O)OC(=O)C(F)(F)F)=C(C=C4CCCN(c5ccccc5)C4=O)CS[C@H]23)cs1. The van der Waals surface area contributed by atoms with Gasteiger partial charge < -0.3 is 25.5 Å². The fourth-order valence-corrected chi connectivity index (χ4v) is 7.73. The van der Waals surface area contributed by atoms with Gasteiger partial charge >= 0.3 is 18.1 Å². The number of para-hydroxylation sites is 1. The number of thioether (sulfide) groups is 1. The van der Waals surface area contributed by atoms with Crippen molar-refractivity contribution in [3.8, 4) is 0 Å². The topological polar surface area (TPSA) is 174 Å². The van der Waals surface area contributed by atoms with Crippen LogP contribution >= 0.6 is 23.1 Å². The smallest absolute Gasteiger partial charge is 0.392 e. The van der Waals surface area contributed by atoms with Crippen molar-refractivity contribution < 1.29 is 46.7 Å². The second kappa shape index (κ2) is 14.0. The first kappa shape index (κ1) is 34.2. The molecule has 4 aliphatic rings. The van der Waals surface area contributed by atoms with E-state index in [2.05, 4.69) is 20.2 Å². The van der Waals surface area contributed by atoms with Crippen molar-refractivity contribution >= 4 is 69.3 Å². The number of β-lactam (4-membered cyclic amide) rings is 1. The van der Waals surface area contributed by atoms with E-state index in [9.17, 15) is 37.1 Å². The van der Waals surface area contributed by atoms with Crippen molar-refractivity contribution in [2.45, 2.75) is 62.2 Å². The van der Waals surface area contributed by atoms with E-state index in [-0.39, 0.29) is 45.4 Å². The number of carbonyl (C=O) groups is 5. The molecule has 0 radical (unpaired) electrons. The average molecular weight is 719 g/mol. The molecule has 1 aromatic carbocycles. The zero-order chi connectivity index (χ0) is 34.9. The van der Waals surface area contributed by atoms with Crippen molar-refractivity contribution in [2.75, 3.05) is 22.9 Å². The highest BCUT2D eigenvalue weighted by Crippen LogP contribution is 2.42. The molecular formula is C31H29F3N6O7S2. The van der Waals surface area contributed by atoms with Crippen LogP contribution in [0, 0.1) is 0 Å². The summed E-state index contributed by atoms with van der Waals surface area (Å²) in [5.74, 6) is -6.62. The van der Waals surface area contributed by atoms with Crippen molar-refractivity contribution in [1.82, 2.24) is 15.2 Å². The molecule has 258 valence electrons. The van der Waals surface area contributed by atoms with Crippen molar-refractivity contribution in [3.63, 3.8) is 0 Å². The number of esters is 2. The van der Waals surface area contributed by atoms with Crippen LogP contribution in [-0.2, 0) is 33.5 Å². The van der Waals surface area contributed by atoms with Crippen LogP contribution in [0.4, 0.5) is 24.0 Å². The minimum Gasteiger partial charge on any atom is -0.392 e. The van der Waals surface area contributed by atoms with Crippen LogP contribution in [0.3, 0.4) is 0 Å². The Labute approximate surface area is 285 Å². The normalized spacial score (nSPS) is 22.6. The van der Waals surface area contributed by atoms with E-state index in [0.717, 1.165) is 53.7 Å². The van der Waals surface area contributed by atoms with Gasteiger partial charge in [0, 0.05) is 28.9 Å². The van der Waals surface area contributed by atoms with Crippen LogP contribution < -0.4 is 16.0 Å². The Hall–Kier alpha value is -4.71. The Balaban J connectivity index is 1.27. The Morgan fingerprint density at radius 3 is 2.51 bits per heavy atom. The zero-order valence-electron chi connectivity index (χ0n) is 25.6. The van der Waals surface area contributed by atoms with Crippen molar-refractivity contribution in [2.24, 2.45) is 5.16 Å². The first-order chi connectivity index (χ1) is 23.4. The van der Waals surface area contributed by atoms with E-state index in [1.807, 2.05) is 0 Å². The van der Waals surface area contributed by atoms with Gasteiger partial charge in [0.15, 0.2) is 10.8 Å². The number of alkyl halides is 3. The molecule has 3 fully saturated rings. The maximum absolute atomic E-state index is 13.5. The molecule has 4 heterocycles. The molecule has 0 unspecified atom stereocenters. The highest BCUT2D eigenvalue weighted by molar-refractivity contribution is 8.00. The summed E-state index contributed by atoms with van der Waals surface area (Å²) in [5, 5.41) is 7.29. The number of rotatable bonds is 8. The molecule has 3 amide bonds. The second-order valence-electron chi connectivity index (χ2n) is 11.5. The quantitative estimate of drug-likeness (QED) is 0.103. The van der Waals surface area contributed by atoms with E-state index in [4.69, 9.17) is 10.6 Å². The Bertz CT molecular complexity index is 1770. The van der Waals surface area contributed by atoms with E-state index in [0.29, 0.717) is 25.1 Å². The van der Waals surface area contributed by atoms with Crippen LogP contribution in [-0.4, -0.2) is 81.2 Å². The number of thiazole rings is 1. The molecule has 2 aromatic rings.